The zero-order valence-electron chi connectivity index (χ0n) is 15.8. The Morgan fingerprint density at radius 3 is 2.65 bits per heavy atom. The van der Waals surface area contributed by atoms with Gasteiger partial charge < -0.3 is 14.8 Å². The van der Waals surface area contributed by atoms with Crippen molar-refractivity contribution in [3.05, 3.63) is 45.5 Å². The first-order chi connectivity index (χ1) is 12.4. The summed E-state index contributed by atoms with van der Waals surface area (Å²) in [6, 6.07) is 5.67. The van der Waals surface area contributed by atoms with Crippen LogP contribution in [-0.4, -0.2) is 39.2 Å². The summed E-state index contributed by atoms with van der Waals surface area (Å²) in [4.78, 5) is 6.79. The molecule has 0 aliphatic carbocycles. The van der Waals surface area contributed by atoms with Crippen molar-refractivity contribution in [3.8, 4) is 0 Å². The first kappa shape index (κ1) is 20.5. The van der Waals surface area contributed by atoms with Gasteiger partial charge in [0.1, 0.15) is 12.4 Å². The molecule has 1 heterocycles. The Kier molecular flexibility index (Phi) is 7.72. The number of hydrogen-bond donors (Lipinski definition) is 1. The molecule has 0 atom stereocenters. The van der Waals surface area contributed by atoms with Gasteiger partial charge in [0.2, 0.25) is 0 Å². The fourth-order valence-electron chi connectivity index (χ4n) is 2.41. The van der Waals surface area contributed by atoms with E-state index in [1.54, 1.807) is 0 Å². The van der Waals surface area contributed by atoms with E-state index in [1.165, 1.54) is 0 Å². The molecular formula is C18H26Cl2N6. The highest BCUT2D eigenvalue weighted by molar-refractivity contribution is 6.42. The number of nitrogens with one attached hydrogen (secondary N) is 1. The van der Waals surface area contributed by atoms with Gasteiger partial charge in [-0.05, 0) is 31.0 Å². The quantitative estimate of drug-likeness (QED) is 0.439. The molecule has 2 aromatic rings. The van der Waals surface area contributed by atoms with Crippen LogP contribution in [0.1, 0.15) is 37.0 Å². The summed E-state index contributed by atoms with van der Waals surface area (Å²) in [5.74, 6) is 2.53. The first-order valence-electron chi connectivity index (χ1n) is 8.70. The van der Waals surface area contributed by atoms with Crippen molar-refractivity contribution in [2.24, 2.45) is 12.0 Å². The minimum absolute atomic E-state index is 0.470. The number of rotatable bonds is 7. The Bertz CT molecular complexity index is 756. The number of nitrogens with zero attached hydrogens (tertiary/aromatic N) is 5. The van der Waals surface area contributed by atoms with Crippen molar-refractivity contribution in [3.63, 3.8) is 0 Å². The number of halogens is 2. The second-order valence-corrected chi connectivity index (χ2v) is 7.06. The largest absolute Gasteiger partial charge is 0.356 e. The van der Waals surface area contributed by atoms with E-state index in [9.17, 15) is 0 Å². The third-order valence-electron chi connectivity index (χ3n) is 4.13. The lowest BCUT2D eigenvalue weighted by molar-refractivity contribution is 0.472. The SMILES string of the molecule is CCCCNC(=NCc1nnc(C)n1C)N(C)Cc1ccc(Cl)c(Cl)c1. The minimum atomic E-state index is 0.470. The fourth-order valence-corrected chi connectivity index (χ4v) is 2.73. The van der Waals surface area contributed by atoms with Crippen LogP contribution in [0.25, 0.3) is 0 Å². The Balaban J connectivity index is 2.12. The average Bonchev–Trinajstić information content (AvgIpc) is 2.93. The Morgan fingerprint density at radius 2 is 2.04 bits per heavy atom. The molecule has 0 fully saturated rings. The topological polar surface area (TPSA) is 58.3 Å². The summed E-state index contributed by atoms with van der Waals surface area (Å²) in [6.07, 6.45) is 2.21. The van der Waals surface area contributed by atoms with E-state index in [4.69, 9.17) is 28.2 Å². The number of aromatic nitrogens is 3. The van der Waals surface area contributed by atoms with Crippen LogP contribution in [0.3, 0.4) is 0 Å². The number of hydrogen-bond acceptors (Lipinski definition) is 3. The van der Waals surface area contributed by atoms with Gasteiger partial charge in [-0.15, -0.1) is 10.2 Å². The highest BCUT2D eigenvalue weighted by Crippen LogP contribution is 2.23. The van der Waals surface area contributed by atoms with Gasteiger partial charge in [0.05, 0.1) is 10.0 Å². The smallest absolute Gasteiger partial charge is 0.194 e. The maximum atomic E-state index is 6.13. The molecule has 1 aromatic carbocycles. The molecule has 0 aliphatic heterocycles. The molecule has 0 aliphatic rings. The van der Waals surface area contributed by atoms with Crippen LogP contribution in [0.2, 0.25) is 10.0 Å². The summed E-state index contributed by atoms with van der Waals surface area (Å²) in [7, 11) is 3.95. The lowest BCUT2D eigenvalue weighted by atomic mass is 10.2. The Labute approximate surface area is 165 Å². The highest BCUT2D eigenvalue weighted by atomic mass is 35.5. The number of benzene rings is 1. The minimum Gasteiger partial charge on any atom is -0.356 e. The lowest BCUT2D eigenvalue weighted by Crippen LogP contribution is -2.39. The monoisotopic (exact) mass is 396 g/mol. The molecule has 2 rings (SSSR count). The molecule has 0 saturated carbocycles. The summed E-state index contributed by atoms with van der Waals surface area (Å²) in [5.41, 5.74) is 1.07. The van der Waals surface area contributed by atoms with Crippen LogP contribution in [0.5, 0.6) is 0 Å². The Morgan fingerprint density at radius 1 is 1.27 bits per heavy atom. The van der Waals surface area contributed by atoms with Crippen molar-refractivity contribution in [2.75, 3.05) is 13.6 Å². The summed E-state index contributed by atoms with van der Waals surface area (Å²) in [6.45, 7) is 6.11. The summed E-state index contributed by atoms with van der Waals surface area (Å²) in [5, 5.41) is 12.8. The predicted octanol–water partition coefficient (Wildman–Crippen LogP) is 3.81. The molecule has 26 heavy (non-hydrogen) atoms. The second kappa shape index (κ2) is 9.78. The van der Waals surface area contributed by atoms with E-state index in [0.29, 0.717) is 23.1 Å². The molecule has 0 spiro atoms. The van der Waals surface area contributed by atoms with E-state index >= 15 is 0 Å². The molecule has 0 amide bonds. The van der Waals surface area contributed by atoms with E-state index in [-0.39, 0.29) is 0 Å². The Hall–Kier alpha value is -1.79. The molecule has 1 N–H and O–H groups in total. The van der Waals surface area contributed by atoms with Crippen LogP contribution in [0.4, 0.5) is 0 Å². The molecule has 0 unspecified atom stereocenters. The maximum Gasteiger partial charge on any atom is 0.194 e. The van der Waals surface area contributed by atoms with E-state index in [2.05, 4.69) is 27.3 Å². The molecule has 1 aromatic heterocycles. The van der Waals surface area contributed by atoms with Gasteiger partial charge in [-0.1, -0.05) is 42.6 Å². The third kappa shape index (κ3) is 5.61. The van der Waals surface area contributed by atoms with Gasteiger partial charge >= 0.3 is 0 Å². The predicted molar refractivity (Wildman–Crippen MR) is 108 cm³/mol. The van der Waals surface area contributed by atoms with E-state index < -0.39 is 0 Å². The van der Waals surface area contributed by atoms with Crippen molar-refractivity contribution in [1.82, 2.24) is 25.0 Å². The van der Waals surface area contributed by atoms with Crippen molar-refractivity contribution in [2.45, 2.75) is 39.8 Å². The third-order valence-corrected chi connectivity index (χ3v) is 4.87. The van der Waals surface area contributed by atoms with E-state index in [1.807, 2.05) is 43.8 Å². The van der Waals surface area contributed by atoms with Crippen molar-refractivity contribution in [1.29, 1.82) is 0 Å². The zero-order valence-corrected chi connectivity index (χ0v) is 17.3. The van der Waals surface area contributed by atoms with Crippen LogP contribution in [-0.2, 0) is 20.1 Å². The maximum absolute atomic E-state index is 6.13. The van der Waals surface area contributed by atoms with Crippen LogP contribution < -0.4 is 5.32 Å². The normalized spacial score (nSPS) is 11.7. The van der Waals surface area contributed by atoms with Gasteiger partial charge in [0, 0.05) is 27.2 Å². The standard InChI is InChI=1S/C18H26Cl2N6/c1-5-6-9-21-18(22-11-17-24-23-13(2)26(17)4)25(3)12-14-7-8-15(19)16(20)10-14/h7-8,10H,5-6,9,11-12H2,1-4H3,(H,21,22). The first-order valence-corrected chi connectivity index (χ1v) is 9.46. The molecule has 6 nitrogen and oxygen atoms in total. The van der Waals surface area contributed by atoms with Gasteiger partial charge in [-0.25, -0.2) is 4.99 Å². The second-order valence-electron chi connectivity index (χ2n) is 6.25. The number of aliphatic imine (C=N–C) groups is 1. The van der Waals surface area contributed by atoms with Crippen LogP contribution in [0.15, 0.2) is 23.2 Å². The summed E-state index contributed by atoms with van der Waals surface area (Å²) >= 11 is 12.1. The van der Waals surface area contributed by atoms with Crippen molar-refractivity contribution < 1.29 is 0 Å². The van der Waals surface area contributed by atoms with Crippen LogP contribution in [0, 0.1) is 6.92 Å². The van der Waals surface area contributed by atoms with Gasteiger partial charge in [0.25, 0.3) is 0 Å². The van der Waals surface area contributed by atoms with Gasteiger partial charge in [-0.2, -0.15) is 0 Å². The molecule has 0 saturated heterocycles. The van der Waals surface area contributed by atoms with Crippen LogP contribution >= 0.6 is 23.2 Å². The zero-order chi connectivity index (χ0) is 19.1. The number of unbranched alkanes of at least 4 members (excludes halogenated alkanes) is 1. The molecule has 0 radical (unpaired) electrons. The van der Waals surface area contributed by atoms with Crippen molar-refractivity contribution >= 4 is 29.2 Å². The number of aryl methyl sites for hydroxylation is 1. The molecule has 142 valence electrons. The lowest BCUT2D eigenvalue weighted by Gasteiger charge is -2.23. The average molecular weight is 397 g/mol. The van der Waals surface area contributed by atoms with Gasteiger partial charge in [-0.3, -0.25) is 0 Å². The highest BCUT2D eigenvalue weighted by Gasteiger charge is 2.10. The summed E-state index contributed by atoms with van der Waals surface area (Å²) < 4.78 is 1.95. The number of guanidine groups is 1. The fraction of sp³-hybridized carbons (Fsp3) is 0.500. The van der Waals surface area contributed by atoms with Gasteiger partial charge in [0.15, 0.2) is 11.8 Å². The molecule has 0 bridgehead atoms. The molecular weight excluding hydrogens is 371 g/mol. The van der Waals surface area contributed by atoms with E-state index in [0.717, 1.165) is 42.6 Å². The molecule has 8 heteroatoms.